The minimum atomic E-state index is -3.45. The highest BCUT2D eigenvalue weighted by molar-refractivity contribution is 7.89. The number of nitrogens with one attached hydrogen (secondary N) is 1. The van der Waals surface area contributed by atoms with Gasteiger partial charge in [0.1, 0.15) is 0 Å². The molecule has 0 spiro atoms. The number of nitrogens with zero attached hydrogens (tertiary/aromatic N) is 2. The summed E-state index contributed by atoms with van der Waals surface area (Å²) in [5.74, 6) is 1.15. The Bertz CT molecular complexity index is 596. The molecule has 0 saturated heterocycles. The molecular formula is C15H23N3O2S. The Labute approximate surface area is 126 Å². The fourth-order valence-corrected chi connectivity index (χ4v) is 3.59. The van der Waals surface area contributed by atoms with Crippen LogP contribution in [0.25, 0.3) is 0 Å². The molecule has 0 aromatic carbocycles. The minimum absolute atomic E-state index is 0.147. The molecule has 5 nitrogen and oxygen atoms in total. The SMILES string of the molecule is CC1CC1CN(C)S(=O)(=O)c1ccc(CNC2CC2)cn1. The first-order valence-electron chi connectivity index (χ1n) is 7.61. The largest absolute Gasteiger partial charge is 0.310 e. The summed E-state index contributed by atoms with van der Waals surface area (Å²) in [4.78, 5) is 4.15. The van der Waals surface area contributed by atoms with Crippen LogP contribution < -0.4 is 5.32 Å². The first-order valence-corrected chi connectivity index (χ1v) is 9.05. The Morgan fingerprint density at radius 3 is 2.62 bits per heavy atom. The molecule has 21 heavy (non-hydrogen) atoms. The lowest BCUT2D eigenvalue weighted by molar-refractivity contribution is 0.442. The highest BCUT2D eigenvalue weighted by Gasteiger charge is 2.36. The molecule has 0 bridgehead atoms. The van der Waals surface area contributed by atoms with Crippen molar-refractivity contribution in [3.8, 4) is 0 Å². The summed E-state index contributed by atoms with van der Waals surface area (Å²) >= 11 is 0. The summed E-state index contributed by atoms with van der Waals surface area (Å²) in [6.07, 6.45) is 5.27. The van der Waals surface area contributed by atoms with Gasteiger partial charge in [-0.15, -0.1) is 0 Å². The highest BCUT2D eigenvalue weighted by Crippen LogP contribution is 2.38. The van der Waals surface area contributed by atoms with E-state index in [0.717, 1.165) is 18.5 Å². The Balaban J connectivity index is 1.63. The van der Waals surface area contributed by atoms with E-state index in [-0.39, 0.29) is 5.03 Å². The lowest BCUT2D eigenvalue weighted by Crippen LogP contribution is -2.30. The van der Waals surface area contributed by atoms with Crippen LogP contribution in [0, 0.1) is 11.8 Å². The second-order valence-electron chi connectivity index (χ2n) is 6.42. The summed E-state index contributed by atoms with van der Waals surface area (Å²) in [6, 6.07) is 4.11. The van der Waals surface area contributed by atoms with Gasteiger partial charge in [0, 0.05) is 32.4 Å². The van der Waals surface area contributed by atoms with Gasteiger partial charge in [-0.1, -0.05) is 13.0 Å². The monoisotopic (exact) mass is 309 g/mol. The molecule has 0 aliphatic heterocycles. The maximum Gasteiger partial charge on any atom is 0.260 e. The average Bonchev–Trinajstić information content (AvgIpc) is 3.37. The third-order valence-electron chi connectivity index (χ3n) is 4.41. The first-order chi connectivity index (χ1) is 9.96. The van der Waals surface area contributed by atoms with Crippen LogP contribution in [0.15, 0.2) is 23.4 Å². The number of aromatic nitrogens is 1. The van der Waals surface area contributed by atoms with Gasteiger partial charge in [0.05, 0.1) is 0 Å². The van der Waals surface area contributed by atoms with Gasteiger partial charge >= 0.3 is 0 Å². The molecule has 116 valence electrons. The smallest absolute Gasteiger partial charge is 0.260 e. The van der Waals surface area contributed by atoms with E-state index in [4.69, 9.17) is 0 Å². The third-order valence-corrected chi connectivity index (χ3v) is 6.15. The van der Waals surface area contributed by atoms with Crippen LogP contribution in [0.5, 0.6) is 0 Å². The predicted molar refractivity (Wildman–Crippen MR) is 81.2 cm³/mol. The van der Waals surface area contributed by atoms with Crippen LogP contribution in [0.4, 0.5) is 0 Å². The number of hydrogen-bond acceptors (Lipinski definition) is 4. The van der Waals surface area contributed by atoms with Crippen LogP contribution in [0.1, 0.15) is 31.7 Å². The van der Waals surface area contributed by atoms with E-state index >= 15 is 0 Å². The number of hydrogen-bond donors (Lipinski definition) is 1. The van der Waals surface area contributed by atoms with Crippen molar-refractivity contribution in [3.05, 3.63) is 23.9 Å². The van der Waals surface area contributed by atoms with E-state index in [1.807, 2.05) is 6.07 Å². The maximum atomic E-state index is 12.4. The summed E-state index contributed by atoms with van der Waals surface area (Å²) < 4.78 is 26.3. The van der Waals surface area contributed by atoms with Crippen LogP contribution in [0.3, 0.4) is 0 Å². The number of rotatable bonds is 7. The van der Waals surface area contributed by atoms with Gasteiger partial charge in [0.15, 0.2) is 5.03 Å². The van der Waals surface area contributed by atoms with Crippen molar-refractivity contribution in [3.63, 3.8) is 0 Å². The quantitative estimate of drug-likeness (QED) is 0.831. The fraction of sp³-hybridized carbons (Fsp3) is 0.667. The molecule has 2 atom stereocenters. The Hall–Kier alpha value is -0.980. The Morgan fingerprint density at radius 1 is 1.38 bits per heavy atom. The summed E-state index contributed by atoms with van der Waals surface area (Å²) in [7, 11) is -1.81. The molecule has 1 N–H and O–H groups in total. The van der Waals surface area contributed by atoms with Gasteiger partial charge in [-0.3, -0.25) is 0 Å². The van der Waals surface area contributed by atoms with Crippen molar-refractivity contribution in [1.29, 1.82) is 0 Å². The molecule has 0 radical (unpaired) electrons. The fourth-order valence-electron chi connectivity index (χ4n) is 2.46. The van der Waals surface area contributed by atoms with Gasteiger partial charge < -0.3 is 5.32 Å². The molecule has 2 aliphatic rings. The maximum absolute atomic E-state index is 12.4. The van der Waals surface area contributed by atoms with Crippen LogP contribution >= 0.6 is 0 Å². The average molecular weight is 309 g/mol. The number of pyridine rings is 1. The highest BCUT2D eigenvalue weighted by atomic mass is 32.2. The van der Waals surface area contributed by atoms with E-state index in [2.05, 4.69) is 17.2 Å². The lowest BCUT2D eigenvalue weighted by atomic mass is 10.3. The molecule has 1 aromatic rings. The van der Waals surface area contributed by atoms with Crippen molar-refractivity contribution in [2.24, 2.45) is 11.8 Å². The summed E-state index contributed by atoms with van der Waals surface area (Å²) in [5.41, 5.74) is 1.03. The normalized spacial score (nSPS) is 25.3. The molecule has 2 aliphatic carbocycles. The van der Waals surface area contributed by atoms with Gasteiger partial charge in [-0.25, -0.2) is 13.4 Å². The van der Waals surface area contributed by atoms with E-state index in [0.29, 0.717) is 24.4 Å². The zero-order valence-electron chi connectivity index (χ0n) is 12.6. The molecule has 1 heterocycles. The predicted octanol–water partition coefficient (Wildman–Crippen LogP) is 1.61. The van der Waals surface area contributed by atoms with Crippen molar-refractivity contribution in [2.75, 3.05) is 13.6 Å². The van der Waals surface area contributed by atoms with Crippen molar-refractivity contribution in [1.82, 2.24) is 14.6 Å². The topological polar surface area (TPSA) is 62.3 Å². The molecule has 2 saturated carbocycles. The second kappa shape index (κ2) is 5.66. The first kappa shape index (κ1) is 14.9. The van der Waals surface area contributed by atoms with Crippen molar-refractivity contribution in [2.45, 2.75) is 43.8 Å². The second-order valence-corrected chi connectivity index (χ2v) is 8.41. The van der Waals surface area contributed by atoms with Gasteiger partial charge in [-0.2, -0.15) is 4.31 Å². The van der Waals surface area contributed by atoms with Gasteiger partial charge in [0.2, 0.25) is 0 Å². The summed E-state index contributed by atoms with van der Waals surface area (Å²) in [6.45, 7) is 3.51. The van der Waals surface area contributed by atoms with Crippen molar-refractivity contribution >= 4 is 10.0 Å². The summed E-state index contributed by atoms with van der Waals surface area (Å²) in [5, 5.41) is 3.54. The molecule has 0 amide bonds. The van der Waals surface area contributed by atoms with E-state index in [9.17, 15) is 8.42 Å². The lowest BCUT2D eigenvalue weighted by Gasteiger charge is -2.16. The van der Waals surface area contributed by atoms with E-state index in [1.165, 1.54) is 17.1 Å². The van der Waals surface area contributed by atoms with Gasteiger partial charge in [-0.05, 0) is 42.7 Å². The molecule has 2 fully saturated rings. The zero-order chi connectivity index (χ0) is 15.0. The van der Waals surface area contributed by atoms with E-state index < -0.39 is 10.0 Å². The minimum Gasteiger partial charge on any atom is -0.310 e. The molecular weight excluding hydrogens is 286 g/mol. The molecule has 1 aromatic heterocycles. The Morgan fingerprint density at radius 2 is 2.10 bits per heavy atom. The van der Waals surface area contributed by atoms with E-state index in [1.54, 1.807) is 19.3 Å². The van der Waals surface area contributed by atoms with Gasteiger partial charge in [0.25, 0.3) is 10.0 Å². The van der Waals surface area contributed by atoms with Crippen LogP contribution in [-0.4, -0.2) is 37.3 Å². The van der Waals surface area contributed by atoms with Crippen molar-refractivity contribution < 1.29 is 8.42 Å². The molecule has 6 heteroatoms. The molecule has 2 unspecified atom stereocenters. The van der Waals surface area contributed by atoms with Crippen LogP contribution in [-0.2, 0) is 16.6 Å². The standard InChI is InChI=1S/C15H23N3O2S/c1-11-7-13(11)10-18(2)21(19,20)15-6-3-12(9-17-15)8-16-14-4-5-14/h3,6,9,11,13-14,16H,4-5,7-8,10H2,1-2H3. The Kier molecular flexibility index (Phi) is 4.03. The zero-order valence-corrected chi connectivity index (χ0v) is 13.4. The third kappa shape index (κ3) is 3.62. The molecule has 3 rings (SSSR count). The van der Waals surface area contributed by atoms with Crippen LogP contribution in [0.2, 0.25) is 0 Å². The number of sulfonamides is 1.